The van der Waals surface area contributed by atoms with Crippen molar-refractivity contribution in [3.8, 4) is 5.75 Å². The lowest BCUT2D eigenvalue weighted by molar-refractivity contribution is 0.300. The van der Waals surface area contributed by atoms with Crippen LogP contribution >= 0.6 is 31.9 Å². The average Bonchev–Trinajstić information content (AvgIpc) is 2.40. The molecule has 0 aliphatic carbocycles. The molecule has 0 bridgehead atoms. The Morgan fingerprint density at radius 3 is 2.60 bits per heavy atom. The van der Waals surface area contributed by atoms with E-state index in [2.05, 4.69) is 31.9 Å². The van der Waals surface area contributed by atoms with E-state index in [0.717, 1.165) is 26.9 Å². The second-order valence-electron chi connectivity index (χ2n) is 4.45. The zero-order valence-corrected chi connectivity index (χ0v) is 14.1. The summed E-state index contributed by atoms with van der Waals surface area (Å²) in [6.45, 7) is 2.75. The molecule has 0 saturated heterocycles. The molecule has 20 heavy (non-hydrogen) atoms. The number of halogens is 3. The van der Waals surface area contributed by atoms with Gasteiger partial charge in [0.15, 0.2) is 0 Å². The van der Waals surface area contributed by atoms with Crippen molar-refractivity contribution >= 4 is 31.9 Å². The van der Waals surface area contributed by atoms with E-state index in [1.54, 1.807) is 12.1 Å². The van der Waals surface area contributed by atoms with Gasteiger partial charge in [-0.2, -0.15) is 0 Å². The molecule has 106 valence electrons. The van der Waals surface area contributed by atoms with Crippen molar-refractivity contribution in [3.63, 3.8) is 0 Å². The van der Waals surface area contributed by atoms with Gasteiger partial charge in [-0.1, -0.05) is 22.0 Å². The smallest absolute Gasteiger partial charge is 0.137 e. The molecule has 0 amide bonds. The van der Waals surface area contributed by atoms with Gasteiger partial charge in [-0.15, -0.1) is 0 Å². The quantitative estimate of drug-likeness (QED) is 0.804. The fraction of sp³-hybridized carbons (Fsp3) is 0.200. The van der Waals surface area contributed by atoms with Gasteiger partial charge in [0.1, 0.15) is 18.2 Å². The largest absolute Gasteiger partial charge is 0.488 e. The third kappa shape index (κ3) is 3.59. The first-order chi connectivity index (χ1) is 9.51. The highest BCUT2D eigenvalue weighted by molar-refractivity contribution is 9.10. The number of nitrogens with two attached hydrogens (primary N) is 1. The summed E-state index contributed by atoms with van der Waals surface area (Å²) in [5, 5.41) is 0. The maximum Gasteiger partial charge on any atom is 0.137 e. The first kappa shape index (κ1) is 15.5. The SMILES string of the molecule is Cc1cc(Br)cc(CN)c1OCc1ccc(F)c(Br)c1. The lowest BCUT2D eigenvalue weighted by Crippen LogP contribution is -2.04. The highest BCUT2D eigenvalue weighted by Crippen LogP contribution is 2.29. The minimum absolute atomic E-state index is 0.281. The van der Waals surface area contributed by atoms with Crippen LogP contribution < -0.4 is 10.5 Å². The van der Waals surface area contributed by atoms with Crippen LogP contribution in [-0.4, -0.2) is 0 Å². The van der Waals surface area contributed by atoms with E-state index >= 15 is 0 Å². The standard InChI is InChI=1S/C15H14Br2FNO/c1-9-4-12(16)6-11(7-19)15(9)20-8-10-2-3-14(18)13(17)5-10/h2-6H,7-8,19H2,1H3. The molecule has 0 spiro atoms. The molecular formula is C15H14Br2FNO. The highest BCUT2D eigenvalue weighted by Gasteiger charge is 2.09. The Kier molecular flexibility index (Phi) is 5.18. The molecule has 5 heteroatoms. The van der Waals surface area contributed by atoms with E-state index in [9.17, 15) is 4.39 Å². The van der Waals surface area contributed by atoms with Crippen LogP contribution in [0.25, 0.3) is 0 Å². The van der Waals surface area contributed by atoms with Gasteiger partial charge in [-0.25, -0.2) is 4.39 Å². The van der Waals surface area contributed by atoms with Crippen LogP contribution in [0.5, 0.6) is 5.75 Å². The van der Waals surface area contributed by atoms with E-state index in [1.165, 1.54) is 6.07 Å². The number of hydrogen-bond donors (Lipinski definition) is 1. The average molecular weight is 403 g/mol. The first-order valence-corrected chi connectivity index (χ1v) is 7.65. The lowest BCUT2D eigenvalue weighted by Gasteiger charge is -2.14. The third-order valence-corrected chi connectivity index (χ3v) is 3.97. The summed E-state index contributed by atoms with van der Waals surface area (Å²) in [7, 11) is 0. The molecule has 0 aliphatic heterocycles. The van der Waals surface area contributed by atoms with Crippen molar-refractivity contribution < 1.29 is 9.13 Å². The lowest BCUT2D eigenvalue weighted by atomic mass is 10.1. The topological polar surface area (TPSA) is 35.2 Å². The summed E-state index contributed by atoms with van der Waals surface area (Å²) in [5.41, 5.74) is 8.59. The molecule has 0 radical (unpaired) electrons. The number of hydrogen-bond acceptors (Lipinski definition) is 2. The predicted octanol–water partition coefficient (Wildman–Crippen LogP) is 4.70. The zero-order valence-electron chi connectivity index (χ0n) is 10.9. The second-order valence-corrected chi connectivity index (χ2v) is 6.22. The number of benzene rings is 2. The molecule has 2 N–H and O–H groups in total. The summed E-state index contributed by atoms with van der Waals surface area (Å²) >= 11 is 6.61. The van der Waals surface area contributed by atoms with E-state index in [0.29, 0.717) is 17.6 Å². The summed E-state index contributed by atoms with van der Waals surface area (Å²) < 4.78 is 20.4. The van der Waals surface area contributed by atoms with Gasteiger partial charge in [0.05, 0.1) is 4.47 Å². The van der Waals surface area contributed by atoms with Gasteiger partial charge in [-0.3, -0.25) is 0 Å². The van der Waals surface area contributed by atoms with Crippen molar-refractivity contribution in [1.29, 1.82) is 0 Å². The van der Waals surface area contributed by atoms with Crippen molar-refractivity contribution in [2.45, 2.75) is 20.1 Å². The van der Waals surface area contributed by atoms with Gasteiger partial charge in [-0.05, 0) is 58.2 Å². The number of rotatable bonds is 4. The summed E-state index contributed by atoms with van der Waals surface area (Å²) in [6, 6.07) is 8.76. The molecular weight excluding hydrogens is 389 g/mol. The summed E-state index contributed by atoms with van der Waals surface area (Å²) in [5.74, 6) is 0.507. The summed E-state index contributed by atoms with van der Waals surface area (Å²) in [4.78, 5) is 0. The van der Waals surface area contributed by atoms with Crippen LogP contribution in [0.15, 0.2) is 39.3 Å². The minimum atomic E-state index is -0.281. The van der Waals surface area contributed by atoms with Crippen molar-refractivity contribution in [2.24, 2.45) is 5.73 Å². The molecule has 0 aromatic heterocycles. The molecule has 0 fully saturated rings. The third-order valence-electron chi connectivity index (χ3n) is 2.90. The molecule has 2 aromatic carbocycles. The molecule has 2 nitrogen and oxygen atoms in total. The highest BCUT2D eigenvalue weighted by atomic mass is 79.9. The zero-order chi connectivity index (χ0) is 14.7. The van der Waals surface area contributed by atoms with Crippen LogP contribution in [0.3, 0.4) is 0 Å². The van der Waals surface area contributed by atoms with E-state index in [4.69, 9.17) is 10.5 Å². The van der Waals surface area contributed by atoms with Crippen molar-refractivity contribution in [3.05, 3.63) is 61.8 Å². The molecule has 2 aromatic rings. The Hall–Kier alpha value is -0.910. The molecule has 0 unspecified atom stereocenters. The summed E-state index contributed by atoms with van der Waals surface area (Å²) in [6.07, 6.45) is 0. The monoisotopic (exact) mass is 401 g/mol. The maximum absolute atomic E-state index is 13.2. The van der Waals surface area contributed by atoms with Crippen LogP contribution in [0, 0.1) is 12.7 Å². The fourth-order valence-electron chi connectivity index (χ4n) is 1.94. The van der Waals surface area contributed by atoms with Gasteiger partial charge in [0.2, 0.25) is 0 Å². The van der Waals surface area contributed by atoms with Crippen LogP contribution in [0.4, 0.5) is 4.39 Å². The van der Waals surface area contributed by atoms with Crippen LogP contribution in [-0.2, 0) is 13.2 Å². The van der Waals surface area contributed by atoms with Gasteiger partial charge in [0, 0.05) is 16.6 Å². The molecule has 2 rings (SSSR count). The molecule has 0 saturated carbocycles. The Labute approximate surface area is 134 Å². The second kappa shape index (κ2) is 6.70. The molecule has 0 atom stereocenters. The van der Waals surface area contributed by atoms with Crippen molar-refractivity contribution in [1.82, 2.24) is 0 Å². The van der Waals surface area contributed by atoms with E-state index in [-0.39, 0.29) is 5.82 Å². The van der Waals surface area contributed by atoms with Crippen molar-refractivity contribution in [2.75, 3.05) is 0 Å². The first-order valence-electron chi connectivity index (χ1n) is 6.07. The van der Waals surface area contributed by atoms with Crippen LogP contribution in [0.2, 0.25) is 0 Å². The van der Waals surface area contributed by atoms with E-state index in [1.807, 2.05) is 19.1 Å². The Morgan fingerprint density at radius 1 is 1.20 bits per heavy atom. The van der Waals surface area contributed by atoms with Gasteiger partial charge in [0.25, 0.3) is 0 Å². The fourth-order valence-corrected chi connectivity index (χ4v) is 2.99. The maximum atomic E-state index is 13.2. The molecule has 0 heterocycles. The van der Waals surface area contributed by atoms with Crippen LogP contribution in [0.1, 0.15) is 16.7 Å². The Morgan fingerprint density at radius 2 is 1.95 bits per heavy atom. The minimum Gasteiger partial charge on any atom is -0.488 e. The Bertz CT molecular complexity index is 632. The number of ether oxygens (including phenoxy) is 1. The Balaban J connectivity index is 2.20. The predicted molar refractivity (Wildman–Crippen MR) is 85.2 cm³/mol. The normalized spacial score (nSPS) is 10.7. The number of aryl methyl sites for hydroxylation is 1. The van der Waals surface area contributed by atoms with Gasteiger partial charge >= 0.3 is 0 Å². The molecule has 0 aliphatic rings. The van der Waals surface area contributed by atoms with Gasteiger partial charge < -0.3 is 10.5 Å². The van der Waals surface area contributed by atoms with E-state index < -0.39 is 0 Å².